The van der Waals surface area contributed by atoms with Crippen molar-refractivity contribution in [3.05, 3.63) is 0 Å². The first-order valence-electron chi connectivity index (χ1n) is 18.0. The standard InChI is InChI=1S/C36H70O4/c1-3-5-7-9-11-12-13-14-15-16-17-18-19-20-22-26-30-34(31-27-23-21-24-28-32-35(37)38)40-36(39)33-29-25-10-8-6-4-2/h34H,3-33H2,1-2H3,(H,37,38). The lowest BCUT2D eigenvalue weighted by atomic mass is 10.0. The SMILES string of the molecule is CCCCCCCCCCCCCCCCCCC(CCCCCCCC(=O)O)OC(=O)CCCCCCCC. The molecule has 1 atom stereocenters. The van der Waals surface area contributed by atoms with Crippen LogP contribution in [0.5, 0.6) is 0 Å². The molecule has 0 bridgehead atoms. The summed E-state index contributed by atoms with van der Waals surface area (Å²) in [6.45, 7) is 4.51. The molecule has 1 N–H and O–H groups in total. The lowest BCUT2D eigenvalue weighted by Gasteiger charge is -2.18. The molecule has 0 radical (unpaired) electrons. The quantitative estimate of drug-likeness (QED) is 0.0633. The van der Waals surface area contributed by atoms with Crippen LogP contribution in [0, 0.1) is 0 Å². The normalized spacial score (nSPS) is 12.1. The summed E-state index contributed by atoms with van der Waals surface area (Å²) in [5.74, 6) is -0.699. The smallest absolute Gasteiger partial charge is 0.306 e. The van der Waals surface area contributed by atoms with Crippen molar-refractivity contribution in [1.29, 1.82) is 0 Å². The van der Waals surface area contributed by atoms with E-state index in [0.717, 1.165) is 64.2 Å². The van der Waals surface area contributed by atoms with Crippen molar-refractivity contribution >= 4 is 11.9 Å². The molecule has 238 valence electrons. The Kier molecular flexibility index (Phi) is 31.6. The number of carboxylic acids is 1. The monoisotopic (exact) mass is 567 g/mol. The van der Waals surface area contributed by atoms with Gasteiger partial charge in [0.2, 0.25) is 0 Å². The Balaban J connectivity index is 3.92. The fraction of sp³-hybridized carbons (Fsp3) is 0.944. The molecule has 0 amide bonds. The van der Waals surface area contributed by atoms with E-state index in [1.807, 2.05) is 0 Å². The molecule has 1 unspecified atom stereocenters. The van der Waals surface area contributed by atoms with Gasteiger partial charge in [0.15, 0.2) is 0 Å². The number of ether oxygens (including phenoxy) is 1. The summed E-state index contributed by atoms with van der Waals surface area (Å²) in [5.41, 5.74) is 0. The van der Waals surface area contributed by atoms with Gasteiger partial charge in [-0.25, -0.2) is 0 Å². The van der Waals surface area contributed by atoms with Crippen molar-refractivity contribution < 1.29 is 19.4 Å². The van der Waals surface area contributed by atoms with E-state index in [1.165, 1.54) is 122 Å². The number of carbonyl (C=O) groups excluding carboxylic acids is 1. The number of hydrogen-bond donors (Lipinski definition) is 1. The molecule has 0 aliphatic rings. The Labute approximate surface area is 250 Å². The minimum atomic E-state index is -0.698. The molecule has 0 aliphatic carbocycles. The van der Waals surface area contributed by atoms with Crippen LogP contribution in [-0.4, -0.2) is 23.1 Å². The zero-order chi connectivity index (χ0) is 29.4. The van der Waals surface area contributed by atoms with Crippen molar-refractivity contribution in [3.8, 4) is 0 Å². The molecule has 0 aromatic heterocycles. The summed E-state index contributed by atoms with van der Waals surface area (Å²) in [6.07, 6.45) is 37.0. The summed E-state index contributed by atoms with van der Waals surface area (Å²) in [7, 11) is 0. The highest BCUT2D eigenvalue weighted by atomic mass is 16.5. The summed E-state index contributed by atoms with van der Waals surface area (Å²) in [5, 5.41) is 8.78. The molecular weight excluding hydrogens is 496 g/mol. The van der Waals surface area contributed by atoms with Gasteiger partial charge < -0.3 is 9.84 Å². The number of carboxylic acid groups (broad SMARTS) is 1. The van der Waals surface area contributed by atoms with Crippen molar-refractivity contribution in [2.24, 2.45) is 0 Å². The van der Waals surface area contributed by atoms with Crippen LogP contribution in [0.3, 0.4) is 0 Å². The van der Waals surface area contributed by atoms with Crippen LogP contribution in [-0.2, 0) is 14.3 Å². The van der Waals surface area contributed by atoms with Gasteiger partial charge >= 0.3 is 11.9 Å². The third-order valence-electron chi connectivity index (χ3n) is 8.33. The summed E-state index contributed by atoms with van der Waals surface area (Å²) in [6, 6.07) is 0. The minimum Gasteiger partial charge on any atom is -0.481 e. The van der Waals surface area contributed by atoms with Gasteiger partial charge in [-0.3, -0.25) is 9.59 Å². The van der Waals surface area contributed by atoms with Gasteiger partial charge in [0, 0.05) is 12.8 Å². The summed E-state index contributed by atoms with van der Waals surface area (Å²) >= 11 is 0. The highest BCUT2D eigenvalue weighted by molar-refractivity contribution is 5.69. The zero-order valence-corrected chi connectivity index (χ0v) is 27.2. The predicted octanol–water partition coefficient (Wildman–Crippen LogP) is 12.1. The topological polar surface area (TPSA) is 63.6 Å². The number of unbranched alkanes of at least 4 members (excludes halogenated alkanes) is 24. The number of rotatable bonds is 33. The maximum Gasteiger partial charge on any atom is 0.306 e. The van der Waals surface area contributed by atoms with Gasteiger partial charge in [-0.15, -0.1) is 0 Å². The van der Waals surface area contributed by atoms with Gasteiger partial charge in [0.05, 0.1) is 0 Å². The third kappa shape index (κ3) is 31.5. The molecular formula is C36H70O4. The lowest BCUT2D eigenvalue weighted by molar-refractivity contribution is -0.150. The van der Waals surface area contributed by atoms with Crippen molar-refractivity contribution in [1.82, 2.24) is 0 Å². The number of hydrogen-bond acceptors (Lipinski definition) is 3. The second-order valence-electron chi connectivity index (χ2n) is 12.4. The van der Waals surface area contributed by atoms with E-state index >= 15 is 0 Å². The highest BCUT2D eigenvalue weighted by Gasteiger charge is 2.14. The van der Waals surface area contributed by atoms with E-state index < -0.39 is 5.97 Å². The van der Waals surface area contributed by atoms with E-state index in [-0.39, 0.29) is 18.5 Å². The van der Waals surface area contributed by atoms with E-state index in [1.54, 1.807) is 0 Å². The lowest BCUT2D eigenvalue weighted by Crippen LogP contribution is -2.18. The average molecular weight is 567 g/mol. The maximum atomic E-state index is 12.5. The maximum absolute atomic E-state index is 12.5. The summed E-state index contributed by atoms with van der Waals surface area (Å²) in [4.78, 5) is 23.1. The zero-order valence-electron chi connectivity index (χ0n) is 27.2. The molecule has 0 fully saturated rings. The highest BCUT2D eigenvalue weighted by Crippen LogP contribution is 2.19. The first-order chi connectivity index (χ1) is 19.6. The third-order valence-corrected chi connectivity index (χ3v) is 8.33. The van der Waals surface area contributed by atoms with E-state index in [4.69, 9.17) is 9.84 Å². The van der Waals surface area contributed by atoms with Crippen molar-refractivity contribution in [3.63, 3.8) is 0 Å². The molecule has 0 heterocycles. The predicted molar refractivity (Wildman–Crippen MR) is 172 cm³/mol. The van der Waals surface area contributed by atoms with Crippen LogP contribution in [0.15, 0.2) is 0 Å². The molecule has 40 heavy (non-hydrogen) atoms. The number of carbonyl (C=O) groups is 2. The van der Waals surface area contributed by atoms with Crippen LogP contribution in [0.25, 0.3) is 0 Å². The van der Waals surface area contributed by atoms with Crippen LogP contribution in [0.4, 0.5) is 0 Å². The van der Waals surface area contributed by atoms with Crippen LogP contribution < -0.4 is 0 Å². The van der Waals surface area contributed by atoms with E-state index in [9.17, 15) is 9.59 Å². The molecule has 0 saturated carbocycles. The Morgan fingerprint density at radius 2 is 0.750 bits per heavy atom. The second kappa shape index (κ2) is 32.5. The van der Waals surface area contributed by atoms with Crippen molar-refractivity contribution in [2.45, 2.75) is 219 Å². The molecule has 0 saturated heterocycles. The molecule has 0 aromatic carbocycles. The average Bonchev–Trinajstić information content (AvgIpc) is 2.93. The van der Waals surface area contributed by atoms with E-state index in [2.05, 4.69) is 13.8 Å². The van der Waals surface area contributed by atoms with Gasteiger partial charge in [0.25, 0.3) is 0 Å². The molecule has 0 spiro atoms. The molecule has 4 nitrogen and oxygen atoms in total. The van der Waals surface area contributed by atoms with Gasteiger partial charge in [-0.2, -0.15) is 0 Å². The first kappa shape index (κ1) is 38.9. The fourth-order valence-corrected chi connectivity index (χ4v) is 5.66. The Bertz CT molecular complexity index is 533. The molecule has 0 rings (SSSR count). The van der Waals surface area contributed by atoms with Crippen LogP contribution in [0.2, 0.25) is 0 Å². The van der Waals surface area contributed by atoms with Crippen LogP contribution >= 0.6 is 0 Å². The van der Waals surface area contributed by atoms with Gasteiger partial charge in [-0.05, 0) is 38.5 Å². The fourth-order valence-electron chi connectivity index (χ4n) is 5.66. The van der Waals surface area contributed by atoms with E-state index in [0.29, 0.717) is 6.42 Å². The summed E-state index contributed by atoms with van der Waals surface area (Å²) < 4.78 is 5.95. The number of esters is 1. The van der Waals surface area contributed by atoms with Crippen molar-refractivity contribution in [2.75, 3.05) is 0 Å². The number of aliphatic carboxylic acids is 1. The molecule has 0 aliphatic heterocycles. The van der Waals surface area contributed by atoms with Gasteiger partial charge in [0.1, 0.15) is 6.10 Å². The largest absolute Gasteiger partial charge is 0.481 e. The Hall–Kier alpha value is -1.06. The molecule has 4 heteroatoms. The first-order valence-corrected chi connectivity index (χ1v) is 18.0. The van der Waals surface area contributed by atoms with Crippen LogP contribution in [0.1, 0.15) is 213 Å². The Morgan fingerprint density at radius 1 is 0.450 bits per heavy atom. The Morgan fingerprint density at radius 3 is 1.10 bits per heavy atom. The minimum absolute atomic E-state index is 0.00144. The second-order valence-corrected chi connectivity index (χ2v) is 12.4. The van der Waals surface area contributed by atoms with Gasteiger partial charge in [-0.1, -0.05) is 162 Å². The molecule has 0 aromatic rings.